The van der Waals surface area contributed by atoms with Crippen LogP contribution < -0.4 is 5.32 Å². The summed E-state index contributed by atoms with van der Waals surface area (Å²) < 4.78 is 11.8. The molecule has 0 saturated heterocycles. The largest absolute Gasteiger partial charge is 0.379 e. The fraction of sp³-hybridized carbons (Fsp3) is 1.00. The highest BCUT2D eigenvalue weighted by atomic mass is 16.5. The Kier molecular flexibility index (Phi) is 7.20. The van der Waals surface area contributed by atoms with E-state index in [-0.39, 0.29) is 11.7 Å². The quantitative estimate of drug-likeness (QED) is 0.725. The van der Waals surface area contributed by atoms with Crippen LogP contribution in [-0.2, 0) is 9.47 Å². The number of hydrogen-bond donors (Lipinski definition) is 1. The molecule has 0 radical (unpaired) electrons. The van der Waals surface area contributed by atoms with E-state index in [0.29, 0.717) is 6.61 Å². The molecule has 3 unspecified atom stereocenters. The standard InChI is InChI=1S/C15H31NO2/c1-5-16-12-15(9-7-8-13(3)10-15)18-14(4)11-17-6-2/h13-14,16H,5-12H2,1-4H3. The molecule has 1 aliphatic carbocycles. The van der Waals surface area contributed by atoms with Crippen molar-refractivity contribution in [1.82, 2.24) is 5.32 Å². The average molecular weight is 257 g/mol. The summed E-state index contributed by atoms with van der Waals surface area (Å²) in [5, 5.41) is 3.48. The van der Waals surface area contributed by atoms with Gasteiger partial charge in [-0.25, -0.2) is 0 Å². The first-order chi connectivity index (χ1) is 8.62. The SMILES string of the molecule is CCNCC1(OC(C)COCC)CCCC(C)C1. The van der Waals surface area contributed by atoms with Crippen molar-refractivity contribution in [3.63, 3.8) is 0 Å². The van der Waals surface area contributed by atoms with Gasteiger partial charge < -0.3 is 14.8 Å². The minimum atomic E-state index is 0.0319. The molecule has 1 aliphatic rings. The van der Waals surface area contributed by atoms with Crippen molar-refractivity contribution in [2.45, 2.75) is 65.1 Å². The lowest BCUT2D eigenvalue weighted by Crippen LogP contribution is -2.48. The Morgan fingerprint density at radius 1 is 1.39 bits per heavy atom. The van der Waals surface area contributed by atoms with Crippen molar-refractivity contribution in [2.75, 3.05) is 26.3 Å². The molecule has 0 amide bonds. The molecule has 0 heterocycles. The van der Waals surface area contributed by atoms with E-state index in [1.165, 1.54) is 25.7 Å². The number of nitrogens with one attached hydrogen (secondary N) is 1. The van der Waals surface area contributed by atoms with Crippen molar-refractivity contribution >= 4 is 0 Å². The predicted octanol–water partition coefficient (Wildman–Crippen LogP) is 2.99. The first kappa shape index (κ1) is 15.9. The van der Waals surface area contributed by atoms with Crippen LogP contribution in [0.4, 0.5) is 0 Å². The lowest BCUT2D eigenvalue weighted by Gasteiger charge is -2.42. The Morgan fingerprint density at radius 2 is 2.17 bits per heavy atom. The van der Waals surface area contributed by atoms with Crippen molar-refractivity contribution in [3.8, 4) is 0 Å². The fourth-order valence-corrected chi connectivity index (χ4v) is 3.02. The summed E-state index contributed by atoms with van der Waals surface area (Å²) in [6, 6.07) is 0. The van der Waals surface area contributed by atoms with Crippen molar-refractivity contribution in [1.29, 1.82) is 0 Å². The molecule has 1 saturated carbocycles. The summed E-state index contributed by atoms with van der Waals surface area (Å²) in [6.07, 6.45) is 5.18. The van der Waals surface area contributed by atoms with Gasteiger partial charge in [0, 0.05) is 13.2 Å². The van der Waals surface area contributed by atoms with Crippen LogP contribution in [0.1, 0.15) is 53.4 Å². The highest BCUT2D eigenvalue weighted by Gasteiger charge is 2.36. The van der Waals surface area contributed by atoms with Gasteiger partial charge in [0.15, 0.2) is 0 Å². The first-order valence-electron chi connectivity index (χ1n) is 7.58. The lowest BCUT2D eigenvalue weighted by molar-refractivity contribution is -0.132. The molecule has 0 bridgehead atoms. The van der Waals surface area contributed by atoms with E-state index in [2.05, 4.69) is 26.1 Å². The van der Waals surface area contributed by atoms with E-state index in [1.807, 2.05) is 6.92 Å². The van der Waals surface area contributed by atoms with Crippen molar-refractivity contribution < 1.29 is 9.47 Å². The minimum absolute atomic E-state index is 0.0319. The van der Waals surface area contributed by atoms with Crippen molar-refractivity contribution in [2.24, 2.45) is 5.92 Å². The minimum Gasteiger partial charge on any atom is -0.379 e. The summed E-state index contributed by atoms with van der Waals surface area (Å²) in [5.74, 6) is 0.775. The van der Waals surface area contributed by atoms with Gasteiger partial charge in [-0.05, 0) is 39.2 Å². The molecular weight excluding hydrogens is 226 g/mol. The zero-order valence-electron chi connectivity index (χ0n) is 12.6. The molecule has 3 heteroatoms. The second-order valence-corrected chi connectivity index (χ2v) is 5.75. The Bertz CT molecular complexity index is 223. The maximum absolute atomic E-state index is 6.37. The number of hydrogen-bond acceptors (Lipinski definition) is 3. The van der Waals surface area contributed by atoms with Gasteiger partial charge in [-0.15, -0.1) is 0 Å². The van der Waals surface area contributed by atoms with E-state index in [1.54, 1.807) is 0 Å². The maximum atomic E-state index is 6.37. The van der Waals surface area contributed by atoms with E-state index in [0.717, 1.165) is 25.6 Å². The Labute approximate surface area is 113 Å². The second kappa shape index (κ2) is 8.13. The number of likely N-dealkylation sites (N-methyl/N-ethyl adjacent to an activating group) is 1. The van der Waals surface area contributed by atoms with Gasteiger partial charge in [-0.3, -0.25) is 0 Å². The van der Waals surface area contributed by atoms with Crippen LogP contribution in [0.15, 0.2) is 0 Å². The molecule has 108 valence electrons. The monoisotopic (exact) mass is 257 g/mol. The Balaban J connectivity index is 2.53. The van der Waals surface area contributed by atoms with Crippen LogP contribution in [0.25, 0.3) is 0 Å². The van der Waals surface area contributed by atoms with Gasteiger partial charge in [-0.1, -0.05) is 26.7 Å². The summed E-state index contributed by atoms with van der Waals surface area (Å²) in [6.45, 7) is 12.1. The highest BCUT2D eigenvalue weighted by Crippen LogP contribution is 2.35. The summed E-state index contributed by atoms with van der Waals surface area (Å²) >= 11 is 0. The molecule has 1 rings (SSSR count). The number of rotatable bonds is 8. The van der Waals surface area contributed by atoms with Gasteiger partial charge in [0.25, 0.3) is 0 Å². The molecular formula is C15H31NO2. The molecule has 0 spiro atoms. The summed E-state index contributed by atoms with van der Waals surface area (Å²) in [5.41, 5.74) is 0.0319. The fourth-order valence-electron chi connectivity index (χ4n) is 3.02. The van der Waals surface area contributed by atoms with E-state index < -0.39 is 0 Å². The topological polar surface area (TPSA) is 30.5 Å². The van der Waals surface area contributed by atoms with E-state index >= 15 is 0 Å². The zero-order chi connectivity index (χ0) is 13.4. The third-order valence-electron chi connectivity index (χ3n) is 3.75. The number of ether oxygens (including phenoxy) is 2. The average Bonchev–Trinajstić information content (AvgIpc) is 2.34. The van der Waals surface area contributed by atoms with Crippen LogP contribution in [0, 0.1) is 5.92 Å². The molecule has 3 nitrogen and oxygen atoms in total. The normalized spacial score (nSPS) is 30.3. The predicted molar refractivity (Wildman–Crippen MR) is 75.9 cm³/mol. The Morgan fingerprint density at radius 3 is 2.78 bits per heavy atom. The Hall–Kier alpha value is -0.120. The van der Waals surface area contributed by atoms with Crippen LogP contribution >= 0.6 is 0 Å². The summed E-state index contributed by atoms with van der Waals surface area (Å²) in [4.78, 5) is 0. The highest BCUT2D eigenvalue weighted by molar-refractivity contribution is 4.89. The smallest absolute Gasteiger partial charge is 0.0813 e. The van der Waals surface area contributed by atoms with Crippen LogP contribution in [-0.4, -0.2) is 38.0 Å². The zero-order valence-corrected chi connectivity index (χ0v) is 12.6. The summed E-state index contributed by atoms with van der Waals surface area (Å²) in [7, 11) is 0. The van der Waals surface area contributed by atoms with Gasteiger partial charge >= 0.3 is 0 Å². The molecule has 1 fully saturated rings. The molecule has 18 heavy (non-hydrogen) atoms. The molecule has 0 aliphatic heterocycles. The molecule has 1 N–H and O–H groups in total. The third-order valence-corrected chi connectivity index (χ3v) is 3.75. The molecule has 0 aromatic carbocycles. The van der Waals surface area contributed by atoms with E-state index in [4.69, 9.17) is 9.47 Å². The van der Waals surface area contributed by atoms with Gasteiger partial charge in [0.1, 0.15) is 0 Å². The molecule has 3 atom stereocenters. The van der Waals surface area contributed by atoms with Gasteiger partial charge in [0.2, 0.25) is 0 Å². The van der Waals surface area contributed by atoms with Crippen LogP contribution in [0.5, 0.6) is 0 Å². The molecule has 0 aromatic rings. The van der Waals surface area contributed by atoms with Gasteiger partial charge in [0.05, 0.1) is 18.3 Å². The first-order valence-corrected chi connectivity index (χ1v) is 7.58. The van der Waals surface area contributed by atoms with Crippen molar-refractivity contribution in [3.05, 3.63) is 0 Å². The van der Waals surface area contributed by atoms with E-state index in [9.17, 15) is 0 Å². The van der Waals surface area contributed by atoms with Crippen LogP contribution in [0.2, 0.25) is 0 Å². The van der Waals surface area contributed by atoms with Gasteiger partial charge in [-0.2, -0.15) is 0 Å². The third kappa shape index (κ3) is 5.25. The lowest BCUT2D eigenvalue weighted by atomic mass is 9.78. The van der Waals surface area contributed by atoms with Crippen LogP contribution in [0.3, 0.4) is 0 Å². The molecule has 0 aromatic heterocycles. The second-order valence-electron chi connectivity index (χ2n) is 5.75. The maximum Gasteiger partial charge on any atom is 0.0813 e.